The molecule has 2 aromatic carbocycles. The second-order valence-electron chi connectivity index (χ2n) is 9.54. The fourth-order valence-electron chi connectivity index (χ4n) is 5.18. The summed E-state index contributed by atoms with van der Waals surface area (Å²) in [4.78, 5) is 37.1. The number of nitrogens with one attached hydrogen (secondary N) is 2. The zero-order valence-corrected chi connectivity index (χ0v) is 19.6. The molecule has 4 rings (SSSR count). The van der Waals surface area contributed by atoms with E-state index in [-0.39, 0.29) is 30.4 Å². The van der Waals surface area contributed by atoms with E-state index in [4.69, 9.17) is 4.74 Å². The smallest absolute Gasteiger partial charge is 0.407 e. The summed E-state index contributed by atoms with van der Waals surface area (Å²) in [5.74, 6) is -2.13. The lowest BCUT2D eigenvalue weighted by molar-refractivity contribution is -0.144. The molecule has 0 aliphatic heterocycles. The number of benzene rings is 2. The number of fused-ring (bicyclic) bond motifs is 3. The van der Waals surface area contributed by atoms with Crippen molar-refractivity contribution in [3.63, 3.8) is 0 Å². The van der Waals surface area contributed by atoms with Crippen LogP contribution in [0.3, 0.4) is 0 Å². The van der Waals surface area contributed by atoms with Crippen LogP contribution in [0.2, 0.25) is 0 Å². The van der Waals surface area contributed by atoms with Crippen LogP contribution in [-0.2, 0) is 14.3 Å². The normalized spacial score (nSPS) is 20.2. The van der Waals surface area contributed by atoms with Gasteiger partial charge in [-0.3, -0.25) is 4.79 Å². The maximum absolute atomic E-state index is 12.9. The van der Waals surface area contributed by atoms with Crippen LogP contribution < -0.4 is 10.6 Å². The van der Waals surface area contributed by atoms with E-state index in [1.165, 1.54) is 0 Å². The minimum absolute atomic E-state index is 0.0361. The van der Waals surface area contributed by atoms with Gasteiger partial charge in [-0.1, -0.05) is 75.2 Å². The minimum atomic E-state index is -1.06. The molecule has 0 spiro atoms. The largest absolute Gasteiger partial charge is 0.480 e. The predicted molar refractivity (Wildman–Crippen MR) is 128 cm³/mol. The van der Waals surface area contributed by atoms with Crippen molar-refractivity contribution in [3.8, 4) is 11.1 Å². The van der Waals surface area contributed by atoms with E-state index in [1.807, 2.05) is 24.3 Å². The molecule has 3 atom stereocenters. The van der Waals surface area contributed by atoms with Crippen LogP contribution in [0.4, 0.5) is 4.79 Å². The number of aliphatic carboxylic acids is 1. The Kier molecular flexibility index (Phi) is 7.20. The summed E-state index contributed by atoms with van der Waals surface area (Å²) in [7, 11) is 0. The van der Waals surface area contributed by atoms with Gasteiger partial charge >= 0.3 is 12.1 Å². The number of hydrogen-bond donors (Lipinski definition) is 3. The van der Waals surface area contributed by atoms with E-state index in [9.17, 15) is 19.5 Å². The standard InChI is InChI=1S/C27H32N2O5/c1-16(2)24(26(31)32)29-25(30)21-13-7-8-14-23(21)28-27(33)34-15-22-19-11-5-3-9-17(19)18-10-4-6-12-20(18)22/h3-6,9-12,16,21-24H,7-8,13-15H2,1-2H3,(H,28,33)(H,29,30)(H,31,32)/t21-,23+,24+/m0/s1. The number of rotatable bonds is 7. The molecular formula is C27H32N2O5. The fraction of sp³-hybridized carbons (Fsp3) is 0.444. The first-order valence-electron chi connectivity index (χ1n) is 12.0. The van der Waals surface area contributed by atoms with E-state index < -0.39 is 24.0 Å². The van der Waals surface area contributed by atoms with Crippen molar-refractivity contribution in [1.29, 1.82) is 0 Å². The monoisotopic (exact) mass is 464 g/mol. The maximum Gasteiger partial charge on any atom is 0.407 e. The highest BCUT2D eigenvalue weighted by molar-refractivity contribution is 5.86. The summed E-state index contributed by atoms with van der Waals surface area (Å²) in [6.07, 6.45) is 2.46. The third-order valence-corrected chi connectivity index (χ3v) is 6.98. The first-order chi connectivity index (χ1) is 16.4. The Hall–Kier alpha value is -3.35. The van der Waals surface area contributed by atoms with E-state index >= 15 is 0 Å². The van der Waals surface area contributed by atoms with Crippen LogP contribution in [0.15, 0.2) is 48.5 Å². The van der Waals surface area contributed by atoms with E-state index in [1.54, 1.807) is 13.8 Å². The van der Waals surface area contributed by atoms with Crippen LogP contribution in [0, 0.1) is 11.8 Å². The number of hydrogen-bond acceptors (Lipinski definition) is 4. The van der Waals surface area contributed by atoms with Gasteiger partial charge < -0.3 is 20.5 Å². The lowest BCUT2D eigenvalue weighted by Gasteiger charge is -2.32. The Morgan fingerprint density at radius 2 is 1.56 bits per heavy atom. The van der Waals surface area contributed by atoms with Crippen LogP contribution in [0.5, 0.6) is 0 Å². The molecule has 2 aromatic rings. The third kappa shape index (κ3) is 4.93. The molecule has 0 saturated heterocycles. The van der Waals surface area contributed by atoms with Crippen LogP contribution in [-0.4, -0.2) is 41.8 Å². The number of alkyl carbamates (subject to hydrolysis) is 1. The van der Waals surface area contributed by atoms with E-state index in [0.717, 1.165) is 35.1 Å². The topological polar surface area (TPSA) is 105 Å². The summed E-state index contributed by atoms with van der Waals surface area (Å²) in [6.45, 7) is 3.72. The maximum atomic E-state index is 12.9. The van der Waals surface area contributed by atoms with E-state index in [2.05, 4.69) is 34.9 Å². The lowest BCUT2D eigenvalue weighted by atomic mass is 9.83. The van der Waals surface area contributed by atoms with Gasteiger partial charge in [0.1, 0.15) is 12.6 Å². The SMILES string of the molecule is CC(C)[C@@H](NC(=O)[C@H]1CCCC[C@H]1NC(=O)OCC1c2ccccc2-c2ccccc21)C(=O)O. The Labute approximate surface area is 199 Å². The van der Waals surface area contributed by atoms with Gasteiger partial charge in [0.15, 0.2) is 0 Å². The van der Waals surface area contributed by atoms with Gasteiger partial charge in [0.25, 0.3) is 0 Å². The molecule has 0 bridgehead atoms. The van der Waals surface area contributed by atoms with Gasteiger partial charge in [-0.15, -0.1) is 0 Å². The lowest BCUT2D eigenvalue weighted by Crippen LogP contribution is -2.53. The van der Waals surface area contributed by atoms with Crippen LogP contribution >= 0.6 is 0 Å². The Balaban J connectivity index is 1.39. The van der Waals surface area contributed by atoms with Gasteiger partial charge in [0.2, 0.25) is 5.91 Å². The molecule has 0 unspecified atom stereocenters. The molecule has 1 fully saturated rings. The number of carboxylic acids is 1. The van der Waals surface area contributed by atoms with Crippen molar-refractivity contribution in [2.24, 2.45) is 11.8 Å². The summed E-state index contributed by atoms with van der Waals surface area (Å²) in [5, 5.41) is 15.0. The molecule has 2 aliphatic rings. The first-order valence-corrected chi connectivity index (χ1v) is 12.0. The zero-order valence-electron chi connectivity index (χ0n) is 19.6. The number of carbonyl (C=O) groups is 3. The van der Waals surface area contributed by atoms with Crippen molar-refractivity contribution >= 4 is 18.0 Å². The average molecular weight is 465 g/mol. The summed E-state index contributed by atoms with van der Waals surface area (Å²) in [6, 6.07) is 15.0. The van der Waals surface area contributed by atoms with Gasteiger partial charge in [-0.2, -0.15) is 0 Å². The van der Waals surface area contributed by atoms with Crippen molar-refractivity contribution in [2.45, 2.75) is 57.5 Å². The van der Waals surface area contributed by atoms with Crippen molar-refractivity contribution < 1.29 is 24.2 Å². The number of ether oxygens (including phenoxy) is 1. The molecule has 2 aliphatic carbocycles. The highest BCUT2D eigenvalue weighted by Crippen LogP contribution is 2.44. The molecule has 0 radical (unpaired) electrons. The Morgan fingerprint density at radius 3 is 2.15 bits per heavy atom. The van der Waals surface area contributed by atoms with Gasteiger partial charge in [0, 0.05) is 12.0 Å². The summed E-state index contributed by atoms with van der Waals surface area (Å²) >= 11 is 0. The van der Waals surface area contributed by atoms with Crippen LogP contribution in [0.1, 0.15) is 56.6 Å². The molecule has 34 heavy (non-hydrogen) atoms. The molecule has 3 N–H and O–H groups in total. The van der Waals surface area contributed by atoms with Gasteiger partial charge in [0.05, 0.1) is 5.92 Å². The van der Waals surface area contributed by atoms with Crippen molar-refractivity contribution in [1.82, 2.24) is 10.6 Å². The molecule has 7 nitrogen and oxygen atoms in total. The molecule has 2 amide bonds. The third-order valence-electron chi connectivity index (χ3n) is 6.98. The quantitative estimate of drug-likeness (QED) is 0.566. The first kappa shape index (κ1) is 23.8. The Bertz CT molecular complexity index is 1020. The van der Waals surface area contributed by atoms with Crippen molar-refractivity contribution in [2.75, 3.05) is 6.61 Å². The molecule has 7 heteroatoms. The molecule has 180 valence electrons. The predicted octanol–water partition coefficient (Wildman–Crippen LogP) is 4.31. The molecule has 1 saturated carbocycles. The minimum Gasteiger partial charge on any atom is -0.480 e. The molecule has 0 heterocycles. The molecular weight excluding hydrogens is 432 g/mol. The summed E-state index contributed by atoms with van der Waals surface area (Å²) in [5.41, 5.74) is 4.60. The number of carboxylic acid groups (broad SMARTS) is 1. The number of carbonyl (C=O) groups excluding carboxylic acids is 2. The van der Waals surface area contributed by atoms with Crippen LogP contribution in [0.25, 0.3) is 11.1 Å². The van der Waals surface area contributed by atoms with E-state index in [0.29, 0.717) is 12.8 Å². The number of amides is 2. The van der Waals surface area contributed by atoms with Gasteiger partial charge in [-0.25, -0.2) is 9.59 Å². The second-order valence-corrected chi connectivity index (χ2v) is 9.54. The summed E-state index contributed by atoms with van der Waals surface area (Å²) < 4.78 is 5.65. The van der Waals surface area contributed by atoms with Crippen molar-refractivity contribution in [3.05, 3.63) is 59.7 Å². The highest BCUT2D eigenvalue weighted by atomic mass is 16.5. The highest BCUT2D eigenvalue weighted by Gasteiger charge is 2.35. The Morgan fingerprint density at radius 1 is 0.971 bits per heavy atom. The van der Waals surface area contributed by atoms with Gasteiger partial charge in [-0.05, 0) is 41.0 Å². The molecule has 0 aromatic heterocycles. The zero-order chi connectivity index (χ0) is 24.2. The second kappa shape index (κ2) is 10.3. The average Bonchev–Trinajstić information content (AvgIpc) is 3.14. The fourth-order valence-corrected chi connectivity index (χ4v) is 5.18.